The molecule has 0 saturated carbocycles. The fourth-order valence-electron chi connectivity index (χ4n) is 2.68. The van der Waals surface area contributed by atoms with E-state index in [9.17, 15) is 4.79 Å². The van der Waals surface area contributed by atoms with E-state index in [1.165, 1.54) is 11.1 Å². The largest absolute Gasteiger partial charge is 0.336 e. The molecule has 4 heteroatoms. The number of nitrogens with one attached hydrogen (secondary N) is 2. The zero-order chi connectivity index (χ0) is 17.9. The first-order chi connectivity index (χ1) is 11.5. The van der Waals surface area contributed by atoms with Crippen LogP contribution in [0, 0.1) is 5.92 Å². The van der Waals surface area contributed by atoms with Gasteiger partial charge in [-0.3, -0.25) is 4.90 Å². The summed E-state index contributed by atoms with van der Waals surface area (Å²) in [5.41, 5.74) is 2.48. The number of hydrogen-bond donors (Lipinski definition) is 2. The van der Waals surface area contributed by atoms with E-state index in [0.717, 1.165) is 32.5 Å². The van der Waals surface area contributed by atoms with Gasteiger partial charge in [0.1, 0.15) is 0 Å². The van der Waals surface area contributed by atoms with Crippen molar-refractivity contribution in [2.24, 2.45) is 5.92 Å². The van der Waals surface area contributed by atoms with Gasteiger partial charge in [0.15, 0.2) is 0 Å². The van der Waals surface area contributed by atoms with E-state index in [0.29, 0.717) is 12.5 Å². The Hall–Kier alpha value is -1.55. The highest BCUT2D eigenvalue weighted by molar-refractivity contribution is 5.74. The zero-order valence-corrected chi connectivity index (χ0v) is 16.1. The third kappa shape index (κ3) is 7.82. The molecule has 0 bridgehead atoms. The molecule has 0 fully saturated rings. The minimum atomic E-state index is -0.0797. The summed E-state index contributed by atoms with van der Waals surface area (Å²) in [6.07, 6.45) is 2.15. The van der Waals surface area contributed by atoms with Crippen LogP contribution >= 0.6 is 0 Å². The molecule has 0 aliphatic carbocycles. The number of amides is 2. The molecule has 0 aliphatic heterocycles. The Balaban J connectivity index is 2.50. The van der Waals surface area contributed by atoms with Crippen molar-refractivity contribution < 1.29 is 4.79 Å². The molecule has 1 unspecified atom stereocenters. The number of carbonyl (C=O) groups excluding carboxylic acids is 1. The normalized spacial score (nSPS) is 12.5. The highest BCUT2D eigenvalue weighted by Crippen LogP contribution is 2.12. The monoisotopic (exact) mass is 333 g/mol. The highest BCUT2D eigenvalue weighted by atomic mass is 16.2. The van der Waals surface area contributed by atoms with Crippen molar-refractivity contribution in [1.29, 1.82) is 0 Å². The van der Waals surface area contributed by atoms with Crippen molar-refractivity contribution in [3.05, 3.63) is 35.4 Å². The highest BCUT2D eigenvalue weighted by Gasteiger charge is 2.10. The Morgan fingerprint density at radius 3 is 2.25 bits per heavy atom. The van der Waals surface area contributed by atoms with Crippen LogP contribution in [0.25, 0.3) is 0 Å². The van der Waals surface area contributed by atoms with E-state index >= 15 is 0 Å². The van der Waals surface area contributed by atoms with Gasteiger partial charge >= 0.3 is 6.03 Å². The second kappa shape index (κ2) is 11.1. The van der Waals surface area contributed by atoms with Gasteiger partial charge in [0, 0.05) is 19.1 Å². The topological polar surface area (TPSA) is 44.4 Å². The van der Waals surface area contributed by atoms with Gasteiger partial charge in [0.25, 0.3) is 0 Å². The summed E-state index contributed by atoms with van der Waals surface area (Å²) in [6, 6.07) is 8.48. The van der Waals surface area contributed by atoms with Crippen LogP contribution in [-0.4, -0.2) is 30.1 Å². The first kappa shape index (κ1) is 20.5. The lowest BCUT2D eigenvalue weighted by molar-refractivity contribution is 0.236. The summed E-state index contributed by atoms with van der Waals surface area (Å²) in [4.78, 5) is 14.5. The van der Waals surface area contributed by atoms with Crippen LogP contribution < -0.4 is 10.6 Å². The van der Waals surface area contributed by atoms with Gasteiger partial charge in [-0.25, -0.2) is 4.79 Å². The van der Waals surface area contributed by atoms with Crippen LogP contribution in [0.1, 0.15) is 58.6 Å². The molecular formula is C20H35N3O. The van der Waals surface area contributed by atoms with Crippen LogP contribution in [-0.2, 0) is 13.1 Å². The second-order valence-corrected chi connectivity index (χ2v) is 6.93. The first-order valence-corrected chi connectivity index (χ1v) is 9.29. The first-order valence-electron chi connectivity index (χ1n) is 9.29. The third-order valence-electron chi connectivity index (χ3n) is 4.40. The van der Waals surface area contributed by atoms with Crippen LogP contribution in [0.2, 0.25) is 0 Å². The van der Waals surface area contributed by atoms with Crippen LogP contribution in [0.4, 0.5) is 4.79 Å². The molecule has 1 atom stereocenters. The molecule has 0 heterocycles. The summed E-state index contributed by atoms with van der Waals surface area (Å²) < 4.78 is 0. The number of nitrogens with zero attached hydrogens (tertiary/aromatic N) is 1. The number of hydrogen-bond acceptors (Lipinski definition) is 2. The SMILES string of the molecule is CCN(CC)Cc1ccccc1CNC(=O)NC(C)CCC(C)C. The minimum Gasteiger partial charge on any atom is -0.336 e. The average Bonchev–Trinajstić information content (AvgIpc) is 2.56. The van der Waals surface area contributed by atoms with Crippen molar-refractivity contribution in [1.82, 2.24) is 15.5 Å². The molecule has 1 aromatic rings. The number of benzene rings is 1. The van der Waals surface area contributed by atoms with Gasteiger partial charge in [-0.15, -0.1) is 0 Å². The van der Waals surface area contributed by atoms with E-state index in [1.807, 2.05) is 6.07 Å². The Kier molecular flexibility index (Phi) is 9.46. The molecule has 136 valence electrons. The summed E-state index contributed by atoms with van der Waals surface area (Å²) in [6.45, 7) is 14.4. The standard InChI is InChI=1S/C20H35N3O/c1-6-23(7-2)15-19-11-9-8-10-18(19)14-21-20(24)22-17(5)13-12-16(3)4/h8-11,16-17H,6-7,12-15H2,1-5H3,(H2,21,22,24). The van der Waals surface area contributed by atoms with Crippen molar-refractivity contribution in [3.63, 3.8) is 0 Å². The zero-order valence-electron chi connectivity index (χ0n) is 16.1. The molecule has 0 aromatic heterocycles. The molecule has 2 amide bonds. The molecule has 0 radical (unpaired) electrons. The number of carbonyl (C=O) groups is 1. The van der Waals surface area contributed by atoms with Crippen molar-refractivity contribution >= 4 is 6.03 Å². The minimum absolute atomic E-state index is 0.0797. The molecule has 24 heavy (non-hydrogen) atoms. The summed E-state index contributed by atoms with van der Waals surface area (Å²) in [7, 11) is 0. The molecule has 0 aliphatic rings. The predicted octanol–water partition coefficient (Wildman–Crippen LogP) is 4.15. The summed E-state index contributed by atoms with van der Waals surface area (Å²) in [5.74, 6) is 0.671. The lowest BCUT2D eigenvalue weighted by atomic mass is 10.0. The van der Waals surface area contributed by atoms with Gasteiger partial charge < -0.3 is 10.6 Å². The Morgan fingerprint density at radius 1 is 1.04 bits per heavy atom. The third-order valence-corrected chi connectivity index (χ3v) is 4.40. The van der Waals surface area contributed by atoms with E-state index in [4.69, 9.17) is 0 Å². The van der Waals surface area contributed by atoms with E-state index in [1.54, 1.807) is 0 Å². The van der Waals surface area contributed by atoms with Crippen molar-refractivity contribution in [2.45, 2.75) is 66.6 Å². The lowest BCUT2D eigenvalue weighted by Gasteiger charge is -2.20. The fraction of sp³-hybridized carbons (Fsp3) is 0.650. The van der Waals surface area contributed by atoms with Gasteiger partial charge in [-0.2, -0.15) is 0 Å². The average molecular weight is 334 g/mol. The summed E-state index contributed by atoms with van der Waals surface area (Å²) >= 11 is 0. The molecule has 1 aromatic carbocycles. The summed E-state index contributed by atoms with van der Waals surface area (Å²) in [5, 5.41) is 6.03. The van der Waals surface area contributed by atoms with Gasteiger partial charge in [-0.1, -0.05) is 52.0 Å². The number of urea groups is 1. The smallest absolute Gasteiger partial charge is 0.315 e. The van der Waals surface area contributed by atoms with Gasteiger partial charge in [0.05, 0.1) is 0 Å². The molecule has 0 spiro atoms. The molecule has 0 saturated heterocycles. The fourth-order valence-corrected chi connectivity index (χ4v) is 2.68. The van der Waals surface area contributed by atoms with Gasteiger partial charge in [0.2, 0.25) is 0 Å². The van der Waals surface area contributed by atoms with E-state index in [-0.39, 0.29) is 12.1 Å². The quantitative estimate of drug-likeness (QED) is 0.675. The van der Waals surface area contributed by atoms with E-state index in [2.05, 4.69) is 68.4 Å². The Labute approximate surface area is 148 Å². The molecular weight excluding hydrogens is 298 g/mol. The van der Waals surface area contributed by atoms with Crippen LogP contribution in [0.15, 0.2) is 24.3 Å². The molecule has 2 N–H and O–H groups in total. The van der Waals surface area contributed by atoms with Crippen LogP contribution in [0.3, 0.4) is 0 Å². The second-order valence-electron chi connectivity index (χ2n) is 6.93. The maximum atomic E-state index is 12.1. The van der Waals surface area contributed by atoms with Gasteiger partial charge in [-0.05, 0) is 49.9 Å². The lowest BCUT2D eigenvalue weighted by Crippen LogP contribution is -2.40. The maximum absolute atomic E-state index is 12.1. The van der Waals surface area contributed by atoms with Crippen LogP contribution in [0.5, 0.6) is 0 Å². The predicted molar refractivity (Wildman–Crippen MR) is 102 cm³/mol. The Bertz CT molecular complexity index is 484. The molecule has 4 nitrogen and oxygen atoms in total. The molecule has 1 rings (SSSR count). The van der Waals surface area contributed by atoms with Crippen molar-refractivity contribution in [3.8, 4) is 0 Å². The number of rotatable bonds is 10. The van der Waals surface area contributed by atoms with Crippen molar-refractivity contribution in [2.75, 3.05) is 13.1 Å². The Morgan fingerprint density at radius 2 is 1.67 bits per heavy atom. The van der Waals surface area contributed by atoms with E-state index < -0.39 is 0 Å². The maximum Gasteiger partial charge on any atom is 0.315 e.